The normalized spacial score (nSPS) is 18.4. The van der Waals surface area contributed by atoms with E-state index in [1.165, 1.54) is 0 Å². The summed E-state index contributed by atoms with van der Waals surface area (Å²) in [4.78, 5) is 11.7. The summed E-state index contributed by atoms with van der Waals surface area (Å²) in [6, 6.07) is 10.1. The smallest absolute Gasteiger partial charge is 0.193 e. The van der Waals surface area contributed by atoms with E-state index >= 15 is 0 Å². The fraction of sp³-hybridized carbons (Fsp3) is 0.667. The van der Waals surface area contributed by atoms with Gasteiger partial charge in [-0.1, -0.05) is 51.1 Å². The summed E-state index contributed by atoms with van der Waals surface area (Å²) in [5.41, 5.74) is 1.13. The zero-order chi connectivity index (χ0) is 20.0. The Kier molecular flexibility index (Phi) is 7.77. The highest BCUT2D eigenvalue weighted by molar-refractivity contribution is 6.74. The van der Waals surface area contributed by atoms with E-state index in [0.29, 0.717) is 39.3 Å². The first-order valence-corrected chi connectivity index (χ1v) is 12.6. The largest absolute Gasteiger partial charge is 0.407 e. The van der Waals surface area contributed by atoms with Crippen molar-refractivity contribution >= 4 is 14.6 Å². The first-order valence-electron chi connectivity index (χ1n) is 9.70. The van der Waals surface area contributed by atoms with E-state index in [9.17, 15) is 4.79 Å². The Morgan fingerprint density at radius 3 is 2.37 bits per heavy atom. The molecule has 152 valence electrons. The maximum atomic E-state index is 11.7. The lowest BCUT2D eigenvalue weighted by Gasteiger charge is -2.39. The van der Waals surface area contributed by atoms with Crippen molar-refractivity contribution in [1.82, 2.24) is 0 Å². The fourth-order valence-electron chi connectivity index (χ4n) is 2.83. The van der Waals surface area contributed by atoms with Crippen LogP contribution in [0.25, 0.3) is 0 Å². The highest BCUT2D eigenvalue weighted by Crippen LogP contribution is 2.39. The molecule has 1 aromatic carbocycles. The van der Waals surface area contributed by atoms with Crippen LogP contribution in [-0.4, -0.2) is 46.3 Å². The summed E-state index contributed by atoms with van der Waals surface area (Å²) in [6.45, 7) is 12.9. The van der Waals surface area contributed by atoms with Gasteiger partial charge in [0.1, 0.15) is 12.4 Å². The van der Waals surface area contributed by atoms with Crippen LogP contribution in [0.5, 0.6) is 0 Å². The Morgan fingerprint density at radius 1 is 1.19 bits per heavy atom. The van der Waals surface area contributed by atoms with Gasteiger partial charge in [-0.2, -0.15) is 0 Å². The van der Waals surface area contributed by atoms with Crippen molar-refractivity contribution in [2.75, 3.05) is 19.8 Å². The van der Waals surface area contributed by atoms with Gasteiger partial charge in [0.2, 0.25) is 0 Å². The highest BCUT2D eigenvalue weighted by Gasteiger charge is 2.43. The summed E-state index contributed by atoms with van der Waals surface area (Å²) < 4.78 is 23.9. The van der Waals surface area contributed by atoms with Crippen LogP contribution in [0.3, 0.4) is 0 Å². The molecule has 27 heavy (non-hydrogen) atoms. The monoisotopic (exact) mass is 394 g/mol. The Balaban J connectivity index is 1.91. The molecule has 0 bridgehead atoms. The second kappa shape index (κ2) is 9.43. The number of rotatable bonds is 10. The molecule has 1 aromatic rings. The van der Waals surface area contributed by atoms with E-state index in [1.54, 1.807) is 0 Å². The number of carbonyl (C=O) groups excluding carboxylic acids is 1. The summed E-state index contributed by atoms with van der Waals surface area (Å²) in [5.74, 6) is -0.801. The Morgan fingerprint density at radius 2 is 1.81 bits per heavy atom. The van der Waals surface area contributed by atoms with Gasteiger partial charge in [0.15, 0.2) is 14.1 Å². The molecule has 0 amide bonds. The molecule has 5 nitrogen and oxygen atoms in total. The molecule has 0 saturated carbocycles. The summed E-state index contributed by atoms with van der Waals surface area (Å²) in [5, 5.41) is 0.0393. The van der Waals surface area contributed by atoms with Gasteiger partial charge in [-0.25, -0.2) is 0 Å². The van der Waals surface area contributed by atoms with Gasteiger partial charge >= 0.3 is 0 Å². The standard InChI is InChI=1S/C21H34O5Si/c1-20(2,3)27(4,5)26-19(16-22)15-21(24-13-14-25-21)11-12-23-17-18-9-7-6-8-10-18/h6-10,16,19H,11-15,17H2,1-5H3/t19-/m1/s1. The minimum Gasteiger partial charge on any atom is -0.407 e. The summed E-state index contributed by atoms with van der Waals surface area (Å²) in [7, 11) is -2.05. The number of hydrogen-bond donors (Lipinski definition) is 0. The Labute approximate surface area is 164 Å². The van der Waals surface area contributed by atoms with Crippen molar-refractivity contribution in [3.63, 3.8) is 0 Å². The van der Waals surface area contributed by atoms with Crippen LogP contribution in [0.2, 0.25) is 18.1 Å². The molecule has 2 rings (SSSR count). The number of hydrogen-bond acceptors (Lipinski definition) is 5. The molecule has 6 heteroatoms. The van der Waals surface area contributed by atoms with Gasteiger partial charge in [-0.3, -0.25) is 0 Å². The first-order chi connectivity index (χ1) is 12.7. The van der Waals surface area contributed by atoms with E-state index in [-0.39, 0.29) is 5.04 Å². The minimum atomic E-state index is -2.05. The summed E-state index contributed by atoms with van der Waals surface area (Å²) >= 11 is 0. The lowest BCUT2D eigenvalue weighted by atomic mass is 10.1. The number of ether oxygens (including phenoxy) is 3. The second-order valence-corrected chi connectivity index (χ2v) is 13.4. The zero-order valence-electron chi connectivity index (χ0n) is 17.3. The zero-order valence-corrected chi connectivity index (χ0v) is 18.3. The quantitative estimate of drug-likeness (QED) is 0.336. The van der Waals surface area contributed by atoms with Gasteiger partial charge in [0, 0.05) is 12.8 Å². The molecule has 1 aliphatic heterocycles. The first kappa shape index (κ1) is 22.2. The van der Waals surface area contributed by atoms with Crippen molar-refractivity contribution in [3.05, 3.63) is 35.9 Å². The van der Waals surface area contributed by atoms with Gasteiger partial charge in [-0.05, 0) is 23.7 Å². The van der Waals surface area contributed by atoms with Crippen LogP contribution in [-0.2, 0) is 30.0 Å². The van der Waals surface area contributed by atoms with E-state index < -0.39 is 20.2 Å². The molecule has 0 unspecified atom stereocenters. The Bertz CT molecular complexity index is 576. The SMILES string of the molecule is CC(C)(C)[Si](C)(C)O[C@@H](C=O)CC1(CCOCc2ccccc2)OCCO1. The number of carbonyl (C=O) groups is 1. The molecule has 0 aromatic heterocycles. The molecule has 0 radical (unpaired) electrons. The van der Waals surface area contributed by atoms with Gasteiger partial charge in [0.05, 0.1) is 26.4 Å². The molecule has 1 aliphatic rings. The van der Waals surface area contributed by atoms with Crippen LogP contribution < -0.4 is 0 Å². The third-order valence-corrected chi connectivity index (χ3v) is 9.97. The molecule has 0 N–H and O–H groups in total. The lowest BCUT2D eigenvalue weighted by Crippen LogP contribution is -2.47. The van der Waals surface area contributed by atoms with Crippen molar-refractivity contribution in [1.29, 1.82) is 0 Å². The number of benzene rings is 1. The average molecular weight is 395 g/mol. The summed E-state index contributed by atoms with van der Waals surface area (Å²) in [6.07, 6.45) is 1.33. The molecule has 1 heterocycles. The third-order valence-electron chi connectivity index (χ3n) is 5.47. The van der Waals surface area contributed by atoms with Crippen LogP contribution in [0.1, 0.15) is 39.2 Å². The lowest BCUT2D eigenvalue weighted by molar-refractivity contribution is -0.187. The molecule has 1 atom stereocenters. The molecule has 1 saturated heterocycles. The van der Waals surface area contributed by atoms with E-state index in [2.05, 4.69) is 33.9 Å². The molecule has 0 aliphatic carbocycles. The highest BCUT2D eigenvalue weighted by atomic mass is 28.4. The maximum Gasteiger partial charge on any atom is 0.193 e. The van der Waals surface area contributed by atoms with E-state index in [0.717, 1.165) is 11.8 Å². The van der Waals surface area contributed by atoms with Crippen molar-refractivity contribution < 1.29 is 23.4 Å². The van der Waals surface area contributed by atoms with E-state index in [4.69, 9.17) is 18.6 Å². The molecule has 0 spiro atoms. The second-order valence-electron chi connectivity index (χ2n) is 8.65. The van der Waals surface area contributed by atoms with Crippen LogP contribution in [0, 0.1) is 0 Å². The van der Waals surface area contributed by atoms with Gasteiger partial charge < -0.3 is 23.4 Å². The molecular weight excluding hydrogens is 360 g/mol. The van der Waals surface area contributed by atoms with Gasteiger partial charge in [-0.15, -0.1) is 0 Å². The number of aldehydes is 1. The van der Waals surface area contributed by atoms with Crippen LogP contribution >= 0.6 is 0 Å². The molecule has 1 fully saturated rings. The van der Waals surface area contributed by atoms with E-state index in [1.807, 2.05) is 30.3 Å². The topological polar surface area (TPSA) is 54.0 Å². The third kappa shape index (κ3) is 6.50. The minimum absolute atomic E-state index is 0.0393. The van der Waals surface area contributed by atoms with Crippen molar-refractivity contribution in [3.8, 4) is 0 Å². The van der Waals surface area contributed by atoms with Gasteiger partial charge in [0.25, 0.3) is 0 Å². The molecular formula is C21H34O5Si. The van der Waals surface area contributed by atoms with Crippen LogP contribution in [0.15, 0.2) is 30.3 Å². The van der Waals surface area contributed by atoms with Crippen molar-refractivity contribution in [2.45, 2.75) is 70.2 Å². The predicted molar refractivity (Wildman–Crippen MR) is 108 cm³/mol. The van der Waals surface area contributed by atoms with Crippen LogP contribution in [0.4, 0.5) is 0 Å². The maximum absolute atomic E-state index is 11.7. The fourth-order valence-corrected chi connectivity index (χ4v) is 4.08. The Hall–Kier alpha value is -1.05. The predicted octanol–water partition coefficient (Wildman–Crippen LogP) is 4.32. The van der Waals surface area contributed by atoms with Crippen molar-refractivity contribution in [2.24, 2.45) is 0 Å². The average Bonchev–Trinajstić information content (AvgIpc) is 3.06.